The van der Waals surface area contributed by atoms with Gasteiger partial charge < -0.3 is 14.4 Å². The second-order valence-electron chi connectivity index (χ2n) is 18.4. The second-order valence-corrected chi connectivity index (χ2v) is 18.4. The minimum Gasteiger partial charge on any atom is -0.460 e. The van der Waals surface area contributed by atoms with Crippen LogP contribution >= 0.6 is 0 Å². The first-order valence-corrected chi connectivity index (χ1v) is 19.5. The third kappa shape index (κ3) is 4.70. The van der Waals surface area contributed by atoms with Crippen molar-refractivity contribution in [2.24, 2.45) is 51.2 Å². The number of hydrogen-bond donors (Lipinski definition) is 0. The zero-order chi connectivity index (χ0) is 34.4. The van der Waals surface area contributed by atoms with Crippen molar-refractivity contribution in [3.05, 3.63) is 65.1 Å². The zero-order valence-electron chi connectivity index (χ0n) is 31.2. The lowest BCUT2D eigenvalue weighted by Gasteiger charge is -2.71. The molecule has 0 spiro atoms. The maximum absolute atomic E-state index is 14.4. The number of carbonyl (C=O) groups is 1. The Hall–Kier alpha value is -2.73. The summed E-state index contributed by atoms with van der Waals surface area (Å²) in [6.45, 7) is 21.4. The zero-order valence-corrected chi connectivity index (χ0v) is 31.2. The number of rotatable bonds is 4. The van der Waals surface area contributed by atoms with E-state index in [9.17, 15) is 4.79 Å². The van der Waals surface area contributed by atoms with Crippen LogP contribution in [0.15, 0.2) is 48.3 Å². The van der Waals surface area contributed by atoms with Gasteiger partial charge in [-0.25, -0.2) is 9.97 Å². The fourth-order valence-electron chi connectivity index (χ4n) is 13.2. The van der Waals surface area contributed by atoms with Crippen LogP contribution in [0.25, 0.3) is 0 Å². The Morgan fingerprint density at radius 2 is 1.69 bits per heavy atom. The van der Waals surface area contributed by atoms with Gasteiger partial charge in [0.25, 0.3) is 0 Å². The lowest BCUT2D eigenvalue weighted by molar-refractivity contribution is -0.184. The average Bonchev–Trinajstić information content (AvgIpc) is 3.09. The molecule has 4 fully saturated rings. The number of esters is 1. The lowest BCUT2D eigenvalue weighted by atomic mass is 9.33. The highest BCUT2D eigenvalue weighted by molar-refractivity contribution is 5.79. The van der Waals surface area contributed by atoms with E-state index in [1.165, 1.54) is 24.1 Å². The fraction of sp³-hybridized carbons (Fsp3) is 0.698. The van der Waals surface area contributed by atoms with Gasteiger partial charge >= 0.3 is 5.97 Å². The highest BCUT2D eigenvalue weighted by atomic mass is 16.5. The van der Waals surface area contributed by atoms with E-state index < -0.39 is 5.41 Å². The van der Waals surface area contributed by atoms with Crippen molar-refractivity contribution in [1.82, 2.24) is 9.97 Å². The molecule has 264 valence electrons. The summed E-state index contributed by atoms with van der Waals surface area (Å²) in [7, 11) is 0. The van der Waals surface area contributed by atoms with Gasteiger partial charge in [0, 0.05) is 24.1 Å². The van der Waals surface area contributed by atoms with Crippen LogP contribution in [0, 0.1) is 51.2 Å². The fourth-order valence-corrected chi connectivity index (χ4v) is 13.2. The summed E-state index contributed by atoms with van der Waals surface area (Å²) < 4.78 is 12.0. The molecular weight excluding hydrogens is 606 g/mol. The first-order valence-electron chi connectivity index (χ1n) is 19.5. The normalized spacial score (nSPS) is 40.8. The molecule has 0 amide bonds. The van der Waals surface area contributed by atoms with Crippen molar-refractivity contribution in [3.63, 3.8) is 0 Å². The number of carbonyl (C=O) groups excluding carboxylic acids is 1. The van der Waals surface area contributed by atoms with E-state index in [2.05, 4.69) is 71.6 Å². The third-order valence-corrected chi connectivity index (χ3v) is 16.1. The molecule has 6 nitrogen and oxygen atoms in total. The summed E-state index contributed by atoms with van der Waals surface area (Å²) in [5.74, 6) is 3.58. The quantitative estimate of drug-likeness (QED) is 0.241. The molecule has 2 aromatic rings. The predicted molar refractivity (Wildman–Crippen MR) is 194 cm³/mol. The molecule has 1 aliphatic heterocycles. The van der Waals surface area contributed by atoms with Crippen LogP contribution in [-0.4, -0.2) is 42.2 Å². The Morgan fingerprint density at radius 1 is 0.939 bits per heavy atom. The molecule has 49 heavy (non-hydrogen) atoms. The van der Waals surface area contributed by atoms with E-state index in [1.54, 1.807) is 5.57 Å². The van der Waals surface area contributed by atoms with Crippen molar-refractivity contribution in [3.8, 4) is 0 Å². The van der Waals surface area contributed by atoms with Crippen molar-refractivity contribution >= 4 is 11.8 Å². The van der Waals surface area contributed by atoms with Gasteiger partial charge in [-0.15, -0.1) is 0 Å². The summed E-state index contributed by atoms with van der Waals surface area (Å²) in [6, 6.07) is 10.2. The predicted octanol–water partition coefficient (Wildman–Crippen LogP) is 8.73. The van der Waals surface area contributed by atoms with Crippen LogP contribution in [0.5, 0.6) is 0 Å². The molecule has 3 saturated carbocycles. The molecule has 6 heteroatoms. The van der Waals surface area contributed by atoms with Crippen LogP contribution in [-0.2, 0) is 32.7 Å². The molecular formula is C43H59N3O3. The monoisotopic (exact) mass is 665 g/mol. The number of anilines is 1. The van der Waals surface area contributed by atoms with Gasteiger partial charge in [0.05, 0.1) is 24.3 Å². The second kappa shape index (κ2) is 11.6. The smallest absolute Gasteiger partial charge is 0.313 e. The maximum atomic E-state index is 14.4. The molecule has 0 radical (unpaired) electrons. The van der Waals surface area contributed by atoms with Crippen LogP contribution in [0.1, 0.15) is 110 Å². The molecule has 1 saturated heterocycles. The van der Waals surface area contributed by atoms with Crippen molar-refractivity contribution < 1.29 is 14.3 Å². The summed E-state index contributed by atoms with van der Waals surface area (Å²) in [4.78, 5) is 26.9. The van der Waals surface area contributed by atoms with Gasteiger partial charge in [0.15, 0.2) is 0 Å². The molecule has 0 N–H and O–H groups in total. The van der Waals surface area contributed by atoms with E-state index in [1.807, 2.05) is 24.5 Å². The van der Waals surface area contributed by atoms with E-state index in [-0.39, 0.29) is 33.5 Å². The van der Waals surface area contributed by atoms with E-state index >= 15 is 0 Å². The summed E-state index contributed by atoms with van der Waals surface area (Å²) >= 11 is 0. The SMILES string of the molecule is C[C@H]1[C@H](C)CC[C@]2(C(=O)OCc3ccccc3)CC[C@]3(C)C(=CC[C@@H]4[C@@]5(C)Cc6c(N7CCOCC7)ncnc6C(C)(C)[C@@H]5CC[C@]43C)[C@H]12. The van der Waals surface area contributed by atoms with Gasteiger partial charge in [-0.05, 0) is 103 Å². The molecule has 1 aromatic carbocycles. The third-order valence-electron chi connectivity index (χ3n) is 16.1. The summed E-state index contributed by atoms with van der Waals surface area (Å²) in [6.07, 6.45) is 13.1. The molecule has 9 atom stereocenters. The van der Waals surface area contributed by atoms with Crippen LogP contribution in [0.2, 0.25) is 0 Å². The first kappa shape index (κ1) is 33.4. The average molecular weight is 666 g/mol. The molecule has 5 aliphatic carbocycles. The van der Waals surface area contributed by atoms with Gasteiger partial charge in [-0.1, -0.05) is 90.4 Å². The highest BCUT2D eigenvalue weighted by Crippen LogP contribution is 2.75. The molecule has 6 aliphatic rings. The van der Waals surface area contributed by atoms with Gasteiger partial charge in [-0.2, -0.15) is 0 Å². The molecule has 0 bridgehead atoms. The lowest BCUT2D eigenvalue weighted by Crippen LogP contribution is -2.65. The molecule has 8 rings (SSSR count). The Labute approximate surface area is 294 Å². The topological polar surface area (TPSA) is 64.5 Å². The van der Waals surface area contributed by atoms with Crippen molar-refractivity contribution in [1.29, 1.82) is 0 Å². The maximum Gasteiger partial charge on any atom is 0.313 e. The largest absolute Gasteiger partial charge is 0.460 e. The van der Waals surface area contributed by atoms with Gasteiger partial charge in [-0.3, -0.25) is 4.79 Å². The van der Waals surface area contributed by atoms with Gasteiger partial charge in [0.2, 0.25) is 0 Å². The number of morpholine rings is 1. The minimum atomic E-state index is -0.424. The van der Waals surface area contributed by atoms with Gasteiger partial charge in [0.1, 0.15) is 18.8 Å². The van der Waals surface area contributed by atoms with Crippen LogP contribution < -0.4 is 4.90 Å². The first-order chi connectivity index (χ1) is 23.4. The number of nitrogens with zero attached hydrogens (tertiary/aromatic N) is 3. The Morgan fingerprint density at radius 3 is 2.45 bits per heavy atom. The van der Waals surface area contributed by atoms with E-state index in [0.717, 1.165) is 76.2 Å². The van der Waals surface area contributed by atoms with Crippen LogP contribution in [0.3, 0.4) is 0 Å². The minimum absolute atomic E-state index is 0.0317. The number of benzene rings is 1. The Kier molecular flexibility index (Phi) is 7.94. The Balaban J connectivity index is 1.17. The highest BCUT2D eigenvalue weighted by Gasteiger charge is 2.69. The van der Waals surface area contributed by atoms with Crippen LogP contribution in [0.4, 0.5) is 5.82 Å². The number of allylic oxidation sites excluding steroid dienone is 2. The molecule has 1 aromatic heterocycles. The van der Waals surface area contributed by atoms with E-state index in [4.69, 9.17) is 19.4 Å². The number of fused-ring (bicyclic) bond motifs is 8. The number of aromatic nitrogens is 2. The summed E-state index contributed by atoms with van der Waals surface area (Å²) in [5.41, 5.74) is 5.18. The van der Waals surface area contributed by atoms with Crippen molar-refractivity contribution in [2.45, 2.75) is 112 Å². The number of hydrogen-bond acceptors (Lipinski definition) is 6. The molecule has 2 heterocycles. The number of ether oxygens (including phenoxy) is 2. The molecule has 0 unspecified atom stereocenters. The Bertz CT molecular complexity index is 1630. The standard InChI is InChI=1S/C43H59N3O3/c1-28-15-18-43(38(47)49-26-30-11-9-8-10-12-30)20-19-41(6)32(35(43)29(28)2)13-14-34-40(5)25-31-36(39(3,4)33(40)16-17-42(34,41)7)44-27-45-37(31)46-21-23-48-24-22-46/h8-13,27-29,33-35H,14-26H2,1-7H3/t28-,29+,33+,34-,35+,40+,41-,42-,43+/m1/s1. The summed E-state index contributed by atoms with van der Waals surface area (Å²) in [5, 5.41) is 0. The van der Waals surface area contributed by atoms with E-state index in [0.29, 0.717) is 30.3 Å². The van der Waals surface area contributed by atoms with Crippen molar-refractivity contribution in [2.75, 3.05) is 31.2 Å².